The molecule has 8 heteroatoms. The number of carbonyl (C=O) groups is 1. The van der Waals surface area contributed by atoms with Crippen molar-refractivity contribution < 1.29 is 14.1 Å². The molecule has 0 aliphatic rings. The highest BCUT2D eigenvalue weighted by Gasteiger charge is 2.19. The second-order valence-electron chi connectivity index (χ2n) is 6.51. The summed E-state index contributed by atoms with van der Waals surface area (Å²) >= 11 is 0. The summed E-state index contributed by atoms with van der Waals surface area (Å²) in [4.78, 5) is 23.2. The van der Waals surface area contributed by atoms with Crippen molar-refractivity contribution in [3.63, 3.8) is 0 Å². The summed E-state index contributed by atoms with van der Waals surface area (Å²) in [6.07, 6.45) is 0. The van der Waals surface area contributed by atoms with E-state index in [1.165, 1.54) is 24.3 Å². The Labute approximate surface area is 161 Å². The number of hydrogen-bond donors (Lipinski definition) is 1. The van der Waals surface area contributed by atoms with E-state index in [-0.39, 0.29) is 23.6 Å². The molecule has 0 saturated carbocycles. The van der Waals surface area contributed by atoms with E-state index in [1.807, 2.05) is 0 Å². The van der Waals surface area contributed by atoms with E-state index in [9.17, 15) is 19.3 Å². The van der Waals surface area contributed by atoms with Crippen LogP contribution in [0, 0.1) is 36.7 Å². The number of aromatic nitrogens is 2. The maximum Gasteiger partial charge on any atom is 0.273 e. The fourth-order valence-corrected chi connectivity index (χ4v) is 2.95. The zero-order chi connectivity index (χ0) is 20.4. The fourth-order valence-electron chi connectivity index (χ4n) is 2.95. The highest BCUT2D eigenvalue weighted by atomic mass is 19.1. The van der Waals surface area contributed by atoms with Crippen LogP contribution in [0.5, 0.6) is 0 Å². The van der Waals surface area contributed by atoms with E-state index in [2.05, 4.69) is 10.4 Å². The Hall–Kier alpha value is -3.55. The SMILES string of the molecule is Cc1ccc(C(=O)Nc2c(C)nn(Cc3ccccc3F)c2C)cc1[N+](=O)[O-]. The molecule has 3 aromatic rings. The number of aryl methyl sites for hydroxylation is 2. The van der Waals surface area contributed by atoms with Crippen LogP contribution in [0.15, 0.2) is 42.5 Å². The smallest absolute Gasteiger partial charge is 0.273 e. The molecule has 0 atom stereocenters. The monoisotopic (exact) mass is 382 g/mol. The van der Waals surface area contributed by atoms with Crippen molar-refractivity contribution in [1.29, 1.82) is 0 Å². The number of anilines is 1. The molecule has 1 N–H and O–H groups in total. The third kappa shape index (κ3) is 3.75. The molecule has 7 nitrogen and oxygen atoms in total. The Morgan fingerprint density at radius 1 is 1.21 bits per heavy atom. The lowest BCUT2D eigenvalue weighted by atomic mass is 10.1. The van der Waals surface area contributed by atoms with Gasteiger partial charge in [0.25, 0.3) is 11.6 Å². The van der Waals surface area contributed by atoms with Gasteiger partial charge in [0, 0.05) is 22.8 Å². The van der Waals surface area contributed by atoms with Crippen LogP contribution in [0.1, 0.15) is 32.9 Å². The molecule has 0 bridgehead atoms. The lowest BCUT2D eigenvalue weighted by Crippen LogP contribution is -2.14. The summed E-state index contributed by atoms with van der Waals surface area (Å²) in [6.45, 7) is 5.35. The molecule has 0 aliphatic carbocycles. The van der Waals surface area contributed by atoms with Crippen molar-refractivity contribution in [2.24, 2.45) is 0 Å². The minimum Gasteiger partial charge on any atom is -0.319 e. The second kappa shape index (κ2) is 7.59. The first kappa shape index (κ1) is 19.2. The Kier molecular flexibility index (Phi) is 5.21. The van der Waals surface area contributed by atoms with Gasteiger partial charge in [0.2, 0.25) is 0 Å². The van der Waals surface area contributed by atoms with Crippen LogP contribution in [0.4, 0.5) is 15.8 Å². The lowest BCUT2D eigenvalue weighted by molar-refractivity contribution is -0.385. The largest absolute Gasteiger partial charge is 0.319 e. The molecule has 0 radical (unpaired) electrons. The number of nitrogens with one attached hydrogen (secondary N) is 1. The lowest BCUT2D eigenvalue weighted by Gasteiger charge is -2.08. The summed E-state index contributed by atoms with van der Waals surface area (Å²) in [5, 5.41) is 18.2. The maximum absolute atomic E-state index is 13.9. The molecule has 0 saturated heterocycles. The maximum atomic E-state index is 13.9. The van der Waals surface area contributed by atoms with E-state index in [4.69, 9.17) is 0 Å². The number of carbonyl (C=O) groups excluding carboxylic acids is 1. The number of nitro groups is 1. The van der Waals surface area contributed by atoms with Crippen LogP contribution >= 0.6 is 0 Å². The van der Waals surface area contributed by atoms with E-state index in [0.29, 0.717) is 28.2 Å². The van der Waals surface area contributed by atoms with E-state index in [0.717, 1.165) is 0 Å². The normalized spacial score (nSPS) is 10.7. The zero-order valence-electron chi connectivity index (χ0n) is 15.7. The van der Waals surface area contributed by atoms with Crippen molar-refractivity contribution in [1.82, 2.24) is 9.78 Å². The highest BCUT2D eigenvalue weighted by Crippen LogP contribution is 2.24. The summed E-state index contributed by atoms with van der Waals surface area (Å²) < 4.78 is 15.5. The number of hydrogen-bond acceptors (Lipinski definition) is 4. The van der Waals surface area contributed by atoms with E-state index >= 15 is 0 Å². The molecular weight excluding hydrogens is 363 g/mol. The first-order valence-electron chi connectivity index (χ1n) is 8.61. The number of benzene rings is 2. The zero-order valence-corrected chi connectivity index (χ0v) is 15.7. The molecule has 2 aromatic carbocycles. The number of halogens is 1. The molecule has 28 heavy (non-hydrogen) atoms. The van der Waals surface area contributed by atoms with Gasteiger partial charge in [0.15, 0.2) is 0 Å². The Bertz CT molecular complexity index is 1080. The second-order valence-corrected chi connectivity index (χ2v) is 6.51. The van der Waals surface area contributed by atoms with Gasteiger partial charge in [0.05, 0.1) is 28.5 Å². The van der Waals surface area contributed by atoms with Crippen molar-refractivity contribution in [3.05, 3.63) is 86.5 Å². The van der Waals surface area contributed by atoms with Gasteiger partial charge in [-0.3, -0.25) is 19.6 Å². The van der Waals surface area contributed by atoms with Gasteiger partial charge in [-0.05, 0) is 32.9 Å². The fraction of sp³-hybridized carbons (Fsp3) is 0.200. The summed E-state index contributed by atoms with van der Waals surface area (Å²) in [6, 6.07) is 10.7. The summed E-state index contributed by atoms with van der Waals surface area (Å²) in [5.41, 5.74) is 2.77. The van der Waals surface area contributed by atoms with Crippen LogP contribution in [0.25, 0.3) is 0 Å². The van der Waals surface area contributed by atoms with Gasteiger partial charge < -0.3 is 5.32 Å². The number of amides is 1. The van der Waals surface area contributed by atoms with Gasteiger partial charge in [-0.2, -0.15) is 5.10 Å². The van der Waals surface area contributed by atoms with E-state index in [1.54, 1.807) is 43.7 Å². The van der Waals surface area contributed by atoms with Gasteiger partial charge in [-0.15, -0.1) is 0 Å². The highest BCUT2D eigenvalue weighted by molar-refractivity contribution is 6.05. The third-order valence-electron chi connectivity index (χ3n) is 4.57. The standard InChI is InChI=1S/C20H19FN4O3/c1-12-8-9-15(10-18(12)25(27)28)20(26)22-19-13(2)23-24(14(19)3)11-16-6-4-5-7-17(16)21/h4-10H,11H2,1-3H3,(H,22,26). The van der Waals surface area contributed by atoms with Crippen LogP contribution in [-0.4, -0.2) is 20.6 Å². The molecular formula is C20H19FN4O3. The molecule has 1 aromatic heterocycles. The Morgan fingerprint density at radius 3 is 2.61 bits per heavy atom. The molecule has 3 rings (SSSR count). The molecule has 144 valence electrons. The number of nitrogens with zero attached hydrogens (tertiary/aromatic N) is 3. The first-order valence-corrected chi connectivity index (χ1v) is 8.61. The van der Waals surface area contributed by atoms with Gasteiger partial charge in [-0.1, -0.05) is 24.3 Å². The topological polar surface area (TPSA) is 90.1 Å². The Balaban J connectivity index is 1.86. The Morgan fingerprint density at radius 2 is 1.93 bits per heavy atom. The molecule has 1 amide bonds. The minimum absolute atomic E-state index is 0.114. The third-order valence-corrected chi connectivity index (χ3v) is 4.57. The minimum atomic E-state index is -0.519. The van der Waals surface area contributed by atoms with Gasteiger partial charge >= 0.3 is 0 Å². The average molecular weight is 382 g/mol. The molecule has 0 unspecified atom stereocenters. The van der Waals surface area contributed by atoms with Crippen molar-refractivity contribution in [2.75, 3.05) is 5.32 Å². The quantitative estimate of drug-likeness (QED) is 0.530. The van der Waals surface area contributed by atoms with Crippen molar-refractivity contribution in [2.45, 2.75) is 27.3 Å². The van der Waals surface area contributed by atoms with E-state index < -0.39 is 10.8 Å². The van der Waals surface area contributed by atoms with Gasteiger partial charge in [-0.25, -0.2) is 4.39 Å². The van der Waals surface area contributed by atoms with Crippen LogP contribution < -0.4 is 5.32 Å². The first-order chi connectivity index (χ1) is 13.3. The number of nitro benzene ring substituents is 1. The molecule has 0 spiro atoms. The molecule has 0 fully saturated rings. The average Bonchev–Trinajstić information content (AvgIpc) is 2.91. The van der Waals surface area contributed by atoms with Crippen LogP contribution in [0.3, 0.4) is 0 Å². The summed E-state index contributed by atoms with van der Waals surface area (Å²) in [7, 11) is 0. The predicted molar refractivity (Wildman–Crippen MR) is 103 cm³/mol. The van der Waals surface area contributed by atoms with Crippen molar-refractivity contribution >= 4 is 17.3 Å². The summed E-state index contributed by atoms with van der Waals surface area (Å²) in [5.74, 6) is -0.799. The number of rotatable bonds is 5. The van der Waals surface area contributed by atoms with Gasteiger partial charge in [0.1, 0.15) is 5.82 Å². The van der Waals surface area contributed by atoms with Crippen molar-refractivity contribution in [3.8, 4) is 0 Å². The van der Waals surface area contributed by atoms with Crippen LogP contribution in [-0.2, 0) is 6.54 Å². The molecule has 1 heterocycles. The predicted octanol–water partition coefficient (Wildman–Crippen LogP) is 4.16. The molecule has 0 aliphatic heterocycles. The van der Waals surface area contributed by atoms with Crippen LogP contribution in [0.2, 0.25) is 0 Å².